The highest BCUT2D eigenvalue weighted by Gasteiger charge is 2.23. The molecule has 0 aliphatic carbocycles. The van der Waals surface area contributed by atoms with Gasteiger partial charge in [0.2, 0.25) is 0 Å². The van der Waals surface area contributed by atoms with Gasteiger partial charge in [0.1, 0.15) is 0 Å². The molecule has 2 amide bonds. The van der Waals surface area contributed by atoms with Gasteiger partial charge in [-0.15, -0.1) is 0 Å². The molecule has 2 fully saturated rings. The minimum Gasteiger partial charge on any atom is -0.395 e. The van der Waals surface area contributed by atoms with E-state index < -0.39 is 0 Å². The van der Waals surface area contributed by atoms with Crippen molar-refractivity contribution in [3.05, 3.63) is 0 Å². The van der Waals surface area contributed by atoms with Gasteiger partial charge in [0, 0.05) is 32.2 Å². The molecule has 0 saturated carbocycles. The van der Waals surface area contributed by atoms with Gasteiger partial charge in [-0.25, -0.2) is 4.79 Å². The first-order valence-corrected chi connectivity index (χ1v) is 6.69. The van der Waals surface area contributed by atoms with Crippen LogP contribution in [0.5, 0.6) is 0 Å². The Labute approximate surface area is 103 Å². The van der Waals surface area contributed by atoms with Crippen molar-refractivity contribution in [1.29, 1.82) is 0 Å². The summed E-state index contributed by atoms with van der Waals surface area (Å²) in [5.74, 6) is 0. The van der Waals surface area contributed by atoms with Crippen LogP contribution in [0.25, 0.3) is 0 Å². The SMILES string of the molecule is O=C1NCCN1CCN1CCCCCC1CO. The topological polar surface area (TPSA) is 55.8 Å². The van der Waals surface area contributed by atoms with Gasteiger partial charge in [-0.05, 0) is 19.4 Å². The van der Waals surface area contributed by atoms with Gasteiger partial charge >= 0.3 is 6.03 Å². The number of nitrogens with zero attached hydrogens (tertiary/aromatic N) is 2. The maximum Gasteiger partial charge on any atom is 0.317 e. The summed E-state index contributed by atoms with van der Waals surface area (Å²) in [6.45, 7) is 4.55. The Morgan fingerprint density at radius 3 is 2.82 bits per heavy atom. The van der Waals surface area contributed by atoms with Gasteiger partial charge in [0.25, 0.3) is 0 Å². The zero-order valence-corrected chi connectivity index (χ0v) is 10.4. The fourth-order valence-electron chi connectivity index (χ4n) is 2.71. The number of aliphatic hydroxyl groups is 1. The van der Waals surface area contributed by atoms with E-state index in [1.54, 1.807) is 0 Å². The molecule has 2 saturated heterocycles. The molecule has 0 bridgehead atoms. The fraction of sp³-hybridized carbons (Fsp3) is 0.917. The molecule has 2 N–H and O–H groups in total. The molecule has 5 heteroatoms. The summed E-state index contributed by atoms with van der Waals surface area (Å²) in [4.78, 5) is 15.6. The van der Waals surface area contributed by atoms with Crippen LogP contribution in [0.3, 0.4) is 0 Å². The summed E-state index contributed by atoms with van der Waals surface area (Å²) in [5.41, 5.74) is 0. The zero-order valence-electron chi connectivity index (χ0n) is 10.4. The van der Waals surface area contributed by atoms with Crippen LogP contribution in [0.4, 0.5) is 4.79 Å². The smallest absolute Gasteiger partial charge is 0.317 e. The van der Waals surface area contributed by atoms with E-state index in [0.717, 1.165) is 39.1 Å². The Hall–Kier alpha value is -0.810. The number of hydrogen-bond acceptors (Lipinski definition) is 3. The summed E-state index contributed by atoms with van der Waals surface area (Å²) in [5, 5.41) is 12.2. The number of rotatable bonds is 4. The van der Waals surface area contributed by atoms with E-state index in [9.17, 15) is 9.90 Å². The molecule has 2 aliphatic heterocycles. The van der Waals surface area contributed by atoms with Crippen molar-refractivity contribution in [3.8, 4) is 0 Å². The summed E-state index contributed by atoms with van der Waals surface area (Å²) in [7, 11) is 0. The third-order valence-corrected chi connectivity index (χ3v) is 3.81. The van der Waals surface area contributed by atoms with Gasteiger partial charge in [-0.2, -0.15) is 0 Å². The highest BCUT2D eigenvalue weighted by Crippen LogP contribution is 2.16. The summed E-state index contributed by atoms with van der Waals surface area (Å²) in [6.07, 6.45) is 4.77. The highest BCUT2D eigenvalue weighted by atomic mass is 16.3. The Balaban J connectivity index is 1.80. The van der Waals surface area contributed by atoms with Crippen LogP contribution in [-0.4, -0.2) is 66.3 Å². The summed E-state index contributed by atoms with van der Waals surface area (Å²) in [6, 6.07) is 0.350. The van der Waals surface area contributed by atoms with Crippen LogP contribution >= 0.6 is 0 Å². The predicted molar refractivity (Wildman–Crippen MR) is 65.9 cm³/mol. The molecule has 98 valence electrons. The van der Waals surface area contributed by atoms with Crippen molar-refractivity contribution in [1.82, 2.24) is 15.1 Å². The molecule has 0 aromatic rings. The first-order valence-electron chi connectivity index (χ1n) is 6.69. The van der Waals surface area contributed by atoms with E-state index in [0.29, 0.717) is 6.04 Å². The summed E-state index contributed by atoms with van der Waals surface area (Å²) < 4.78 is 0. The van der Waals surface area contributed by atoms with Gasteiger partial charge in [-0.1, -0.05) is 12.8 Å². The third-order valence-electron chi connectivity index (χ3n) is 3.81. The van der Waals surface area contributed by atoms with Crippen LogP contribution in [0, 0.1) is 0 Å². The van der Waals surface area contributed by atoms with Crippen molar-refractivity contribution in [2.45, 2.75) is 31.7 Å². The minimum absolute atomic E-state index is 0.0559. The predicted octanol–water partition coefficient (Wildman–Crippen LogP) is 0.248. The van der Waals surface area contributed by atoms with Crippen molar-refractivity contribution in [2.75, 3.05) is 39.3 Å². The number of likely N-dealkylation sites (tertiary alicyclic amines) is 1. The Morgan fingerprint density at radius 1 is 1.24 bits per heavy atom. The fourth-order valence-corrected chi connectivity index (χ4v) is 2.71. The maximum atomic E-state index is 11.4. The second kappa shape index (κ2) is 6.21. The van der Waals surface area contributed by atoms with Crippen LogP contribution in [0.1, 0.15) is 25.7 Å². The monoisotopic (exact) mass is 241 g/mol. The molecule has 1 atom stereocenters. The normalized spacial score (nSPS) is 27.0. The van der Waals surface area contributed by atoms with E-state index in [1.165, 1.54) is 19.3 Å². The van der Waals surface area contributed by atoms with Crippen molar-refractivity contribution < 1.29 is 9.90 Å². The first-order chi connectivity index (χ1) is 8.31. The van der Waals surface area contributed by atoms with E-state index in [-0.39, 0.29) is 12.6 Å². The van der Waals surface area contributed by atoms with Crippen molar-refractivity contribution in [3.63, 3.8) is 0 Å². The van der Waals surface area contributed by atoms with Crippen LogP contribution in [0.15, 0.2) is 0 Å². The van der Waals surface area contributed by atoms with E-state index in [2.05, 4.69) is 10.2 Å². The molecule has 5 nitrogen and oxygen atoms in total. The summed E-state index contributed by atoms with van der Waals surface area (Å²) >= 11 is 0. The van der Waals surface area contributed by atoms with E-state index in [1.807, 2.05) is 4.90 Å². The van der Waals surface area contributed by atoms with Gasteiger partial charge in [0.15, 0.2) is 0 Å². The van der Waals surface area contributed by atoms with Gasteiger partial charge in [0.05, 0.1) is 6.61 Å². The average molecular weight is 241 g/mol. The lowest BCUT2D eigenvalue weighted by molar-refractivity contribution is 0.116. The highest BCUT2D eigenvalue weighted by molar-refractivity contribution is 5.76. The third kappa shape index (κ3) is 3.33. The maximum absolute atomic E-state index is 11.4. The second-order valence-electron chi connectivity index (χ2n) is 4.94. The van der Waals surface area contributed by atoms with E-state index in [4.69, 9.17) is 0 Å². The molecule has 0 aromatic heterocycles. The lowest BCUT2D eigenvalue weighted by Crippen LogP contribution is -2.43. The molecular weight excluding hydrogens is 218 g/mol. The van der Waals surface area contributed by atoms with E-state index >= 15 is 0 Å². The standard InChI is InChI=1S/C12H23N3O2/c16-10-11-4-2-1-3-6-14(11)8-9-15-7-5-13-12(15)17/h11,16H,1-10H2,(H,13,17). The molecule has 1 unspecified atom stereocenters. The molecule has 2 rings (SSSR count). The first kappa shape index (κ1) is 12.6. The zero-order chi connectivity index (χ0) is 12.1. The molecule has 17 heavy (non-hydrogen) atoms. The number of hydrogen-bond donors (Lipinski definition) is 2. The molecule has 2 aliphatic rings. The van der Waals surface area contributed by atoms with Crippen molar-refractivity contribution >= 4 is 6.03 Å². The minimum atomic E-state index is 0.0559. The van der Waals surface area contributed by atoms with Gasteiger partial charge < -0.3 is 15.3 Å². The van der Waals surface area contributed by atoms with Crippen LogP contribution in [-0.2, 0) is 0 Å². The lowest BCUT2D eigenvalue weighted by Gasteiger charge is -2.29. The molecule has 2 heterocycles. The van der Waals surface area contributed by atoms with Crippen LogP contribution in [0.2, 0.25) is 0 Å². The van der Waals surface area contributed by atoms with Crippen LogP contribution < -0.4 is 5.32 Å². The Kier molecular flexibility index (Phi) is 4.62. The Morgan fingerprint density at radius 2 is 2.12 bits per heavy atom. The number of aliphatic hydroxyl groups excluding tert-OH is 1. The largest absolute Gasteiger partial charge is 0.395 e. The number of urea groups is 1. The molecule has 0 spiro atoms. The Bertz CT molecular complexity index is 260. The molecule has 0 radical (unpaired) electrons. The lowest BCUT2D eigenvalue weighted by atomic mass is 10.1. The average Bonchev–Trinajstić information content (AvgIpc) is 2.63. The number of carbonyl (C=O) groups is 1. The quantitative estimate of drug-likeness (QED) is 0.742. The molecular formula is C12H23N3O2. The van der Waals surface area contributed by atoms with Crippen molar-refractivity contribution in [2.24, 2.45) is 0 Å². The molecule has 0 aromatic carbocycles. The number of nitrogens with one attached hydrogen (secondary N) is 1. The number of amides is 2. The second-order valence-corrected chi connectivity index (χ2v) is 4.94. The van der Waals surface area contributed by atoms with Gasteiger partial charge in [-0.3, -0.25) is 4.90 Å². The number of carbonyl (C=O) groups excluding carboxylic acids is 1.